The van der Waals surface area contributed by atoms with Crippen LogP contribution in [-0.2, 0) is 28.8 Å². The minimum atomic E-state index is -1.11. The Morgan fingerprint density at radius 2 is 1.70 bits per heavy atom. The van der Waals surface area contributed by atoms with Crippen LogP contribution >= 0.6 is 11.6 Å². The molecule has 0 bridgehead atoms. The second-order valence-electron chi connectivity index (χ2n) is 15.9. The molecule has 0 aromatic heterocycles. The number of nitrogens with zero attached hydrogens (tertiary/aromatic N) is 1. The third-order valence-corrected chi connectivity index (χ3v) is 10.8. The number of benzene rings is 2. The lowest BCUT2D eigenvalue weighted by Crippen LogP contribution is -2.59. The van der Waals surface area contributed by atoms with Crippen molar-refractivity contribution in [2.75, 3.05) is 6.54 Å². The molecule has 3 aliphatic rings. The van der Waals surface area contributed by atoms with E-state index in [1.165, 1.54) is 11.3 Å². The van der Waals surface area contributed by atoms with Crippen molar-refractivity contribution in [3.63, 3.8) is 0 Å². The fraction of sp³-hybridized carbons (Fsp3) is 0.537. The van der Waals surface area contributed by atoms with Crippen LogP contribution in [0.25, 0.3) is 5.70 Å². The molecule has 2 fully saturated rings. The van der Waals surface area contributed by atoms with Gasteiger partial charge in [0.05, 0.1) is 24.3 Å². The second-order valence-corrected chi connectivity index (χ2v) is 16.4. The maximum atomic E-state index is 14.7. The number of Topliss-reactive ketones (excluding diaryl/α,β-unsaturated/α-hetero) is 1. The van der Waals surface area contributed by atoms with Crippen LogP contribution in [-0.4, -0.2) is 64.6 Å². The summed E-state index contributed by atoms with van der Waals surface area (Å²) in [7, 11) is 0. The van der Waals surface area contributed by atoms with Gasteiger partial charge in [0.25, 0.3) is 5.91 Å². The van der Waals surface area contributed by atoms with Gasteiger partial charge in [0.15, 0.2) is 0 Å². The maximum absolute atomic E-state index is 14.7. The van der Waals surface area contributed by atoms with Crippen LogP contribution in [0.1, 0.15) is 110 Å². The number of halogens is 1. The van der Waals surface area contributed by atoms with Gasteiger partial charge in [0.2, 0.25) is 23.5 Å². The monoisotopic (exact) mass is 747 g/mol. The van der Waals surface area contributed by atoms with Crippen LogP contribution in [0, 0.1) is 11.3 Å². The number of carbonyl (C=O) groups excluding carboxylic acids is 5. The van der Waals surface area contributed by atoms with E-state index in [-0.39, 0.29) is 31.2 Å². The Morgan fingerprint density at radius 1 is 0.981 bits per heavy atom. The highest BCUT2D eigenvalue weighted by Gasteiger charge is 2.54. The molecule has 0 unspecified atom stereocenters. The van der Waals surface area contributed by atoms with Crippen LogP contribution in [0.5, 0.6) is 0 Å². The SMILES string of the molecule is CCC[C@H](NC(=O)[C@@H]1C[C@]2(C=C(c3cccc(Cl)c3)NO2)CN1C(=O)[C@@H](NC(=O)CC1CCCCC1)C(C)(C)C)C(=O)C(=O)N[C@@H](C)c1ccccc1. The Balaban J connectivity index is 1.40. The molecule has 2 heterocycles. The summed E-state index contributed by atoms with van der Waals surface area (Å²) in [6, 6.07) is 13.0. The van der Waals surface area contributed by atoms with Crippen LogP contribution in [0.2, 0.25) is 5.02 Å². The Labute approximate surface area is 318 Å². The zero-order valence-electron chi connectivity index (χ0n) is 31.5. The summed E-state index contributed by atoms with van der Waals surface area (Å²) in [5.74, 6) is -2.49. The van der Waals surface area contributed by atoms with E-state index in [9.17, 15) is 24.0 Å². The van der Waals surface area contributed by atoms with E-state index in [2.05, 4.69) is 21.4 Å². The molecule has 1 saturated carbocycles. The van der Waals surface area contributed by atoms with Crippen molar-refractivity contribution in [2.45, 2.75) is 122 Å². The van der Waals surface area contributed by atoms with E-state index in [0.29, 0.717) is 23.6 Å². The van der Waals surface area contributed by atoms with Crippen LogP contribution < -0.4 is 21.4 Å². The number of likely N-dealkylation sites (tertiary alicyclic amines) is 1. The van der Waals surface area contributed by atoms with Crippen molar-refractivity contribution in [1.29, 1.82) is 0 Å². The van der Waals surface area contributed by atoms with Crippen molar-refractivity contribution < 1.29 is 28.8 Å². The first-order valence-corrected chi connectivity index (χ1v) is 19.3. The normalized spacial score (nSPS) is 22.0. The van der Waals surface area contributed by atoms with Crippen LogP contribution in [0.4, 0.5) is 0 Å². The third-order valence-electron chi connectivity index (χ3n) is 10.5. The first kappa shape index (κ1) is 40.0. The Kier molecular flexibility index (Phi) is 13.0. The maximum Gasteiger partial charge on any atom is 0.290 e. The zero-order chi connectivity index (χ0) is 38.3. The Morgan fingerprint density at radius 3 is 2.36 bits per heavy atom. The average Bonchev–Trinajstić information content (AvgIpc) is 3.73. The van der Waals surface area contributed by atoms with Gasteiger partial charge in [-0.3, -0.25) is 34.3 Å². The molecular weight excluding hydrogens is 694 g/mol. The predicted octanol–water partition coefficient (Wildman–Crippen LogP) is 5.79. The van der Waals surface area contributed by atoms with E-state index in [0.717, 1.165) is 36.8 Å². The summed E-state index contributed by atoms with van der Waals surface area (Å²) in [6.07, 6.45) is 8.36. The van der Waals surface area contributed by atoms with E-state index in [4.69, 9.17) is 16.4 Å². The molecule has 2 aromatic rings. The number of amides is 4. The van der Waals surface area contributed by atoms with E-state index in [1.807, 2.05) is 76.2 Å². The quantitative estimate of drug-likeness (QED) is 0.190. The van der Waals surface area contributed by atoms with Crippen molar-refractivity contribution in [3.05, 3.63) is 76.8 Å². The molecule has 5 atom stereocenters. The van der Waals surface area contributed by atoms with Gasteiger partial charge in [-0.05, 0) is 61.3 Å². The first-order chi connectivity index (χ1) is 25.2. The van der Waals surface area contributed by atoms with Gasteiger partial charge < -0.3 is 20.9 Å². The standard InChI is InChI=1S/C41H54ClN5O6/c1-6-14-31(35(49)38(51)43-26(2)28-17-11-8-12-18-28)44-37(50)33-24-41(23-32(46-53-41)29-19-13-20-30(42)22-29)25-47(33)39(52)36(40(3,4)5)45-34(48)21-27-15-9-7-10-16-27/h8,11-13,17-20,22-23,26-27,31,33,36,46H,6-7,9-10,14-16,21,24-25H2,1-5H3,(H,43,51)(H,44,50)(H,45,48)/t26-,31-,33-,36+,41+/m0/s1. The number of hydroxylamine groups is 1. The van der Waals surface area contributed by atoms with Gasteiger partial charge in [0, 0.05) is 23.4 Å². The lowest BCUT2D eigenvalue weighted by Gasteiger charge is -2.36. The fourth-order valence-electron chi connectivity index (χ4n) is 7.59. The molecule has 2 aliphatic heterocycles. The lowest BCUT2D eigenvalue weighted by atomic mass is 9.84. The van der Waals surface area contributed by atoms with Crippen LogP contribution in [0.3, 0.4) is 0 Å². The minimum Gasteiger partial charge on any atom is -0.344 e. The van der Waals surface area contributed by atoms with Gasteiger partial charge in [-0.25, -0.2) is 0 Å². The molecule has 53 heavy (non-hydrogen) atoms. The van der Waals surface area contributed by atoms with Gasteiger partial charge in [-0.1, -0.05) is 107 Å². The van der Waals surface area contributed by atoms with Crippen molar-refractivity contribution in [1.82, 2.24) is 26.3 Å². The number of rotatable bonds is 13. The second kappa shape index (κ2) is 17.3. The van der Waals surface area contributed by atoms with Gasteiger partial charge in [-0.15, -0.1) is 0 Å². The van der Waals surface area contributed by atoms with Gasteiger partial charge >= 0.3 is 0 Å². The summed E-state index contributed by atoms with van der Waals surface area (Å²) in [5.41, 5.74) is 3.42. The smallest absolute Gasteiger partial charge is 0.290 e. The molecule has 1 saturated heterocycles. The van der Waals surface area contributed by atoms with Crippen molar-refractivity contribution in [2.24, 2.45) is 11.3 Å². The molecule has 5 rings (SSSR count). The predicted molar refractivity (Wildman–Crippen MR) is 204 cm³/mol. The number of carbonyl (C=O) groups is 5. The van der Waals surface area contributed by atoms with Gasteiger partial charge in [0.1, 0.15) is 17.7 Å². The van der Waals surface area contributed by atoms with E-state index >= 15 is 0 Å². The third kappa shape index (κ3) is 10.1. The van der Waals surface area contributed by atoms with Crippen molar-refractivity contribution >= 4 is 46.7 Å². The molecule has 286 valence electrons. The largest absolute Gasteiger partial charge is 0.344 e. The molecule has 4 amide bonds. The number of ketones is 1. The summed E-state index contributed by atoms with van der Waals surface area (Å²) in [4.78, 5) is 76.8. The number of nitrogens with one attached hydrogen (secondary N) is 4. The topological polar surface area (TPSA) is 146 Å². The average molecular weight is 748 g/mol. The molecule has 4 N–H and O–H groups in total. The molecular formula is C41H54ClN5O6. The molecule has 1 aliphatic carbocycles. The zero-order valence-corrected chi connectivity index (χ0v) is 32.3. The molecule has 0 radical (unpaired) electrons. The van der Waals surface area contributed by atoms with Crippen molar-refractivity contribution in [3.8, 4) is 0 Å². The Bertz CT molecular complexity index is 1690. The first-order valence-electron chi connectivity index (χ1n) is 18.9. The highest BCUT2D eigenvalue weighted by Crippen LogP contribution is 2.39. The van der Waals surface area contributed by atoms with Gasteiger partial charge in [-0.2, -0.15) is 0 Å². The molecule has 12 heteroatoms. The van der Waals surface area contributed by atoms with Crippen LogP contribution in [0.15, 0.2) is 60.7 Å². The lowest BCUT2D eigenvalue weighted by molar-refractivity contribution is -0.145. The summed E-state index contributed by atoms with van der Waals surface area (Å²) in [5, 5.41) is 9.15. The minimum absolute atomic E-state index is 0.00747. The van der Waals surface area contributed by atoms with E-state index in [1.54, 1.807) is 19.1 Å². The Hall–Kier alpha value is -4.22. The summed E-state index contributed by atoms with van der Waals surface area (Å²) in [6.45, 7) is 9.30. The highest BCUT2D eigenvalue weighted by atomic mass is 35.5. The van der Waals surface area contributed by atoms with E-state index < -0.39 is 58.7 Å². The molecule has 11 nitrogen and oxygen atoms in total. The highest BCUT2D eigenvalue weighted by molar-refractivity contribution is 6.38. The summed E-state index contributed by atoms with van der Waals surface area (Å²) < 4.78 is 0. The number of hydrogen-bond donors (Lipinski definition) is 4. The number of hydrogen-bond acceptors (Lipinski definition) is 7. The molecule has 2 aromatic carbocycles. The fourth-order valence-corrected chi connectivity index (χ4v) is 7.78. The molecule has 1 spiro atoms. The summed E-state index contributed by atoms with van der Waals surface area (Å²) >= 11 is 6.27.